The Morgan fingerprint density at radius 1 is 1.26 bits per heavy atom. The van der Waals surface area contributed by atoms with Gasteiger partial charge in [0.1, 0.15) is 4.21 Å². The van der Waals surface area contributed by atoms with Gasteiger partial charge < -0.3 is 10.6 Å². The molecule has 154 valence electrons. The first-order chi connectivity index (χ1) is 12.6. The highest BCUT2D eigenvalue weighted by Crippen LogP contribution is 2.27. The predicted octanol–water partition coefficient (Wildman–Crippen LogP) is 2.39. The first-order valence-corrected chi connectivity index (χ1v) is 11.9. The van der Waals surface area contributed by atoms with Crippen LogP contribution in [-0.2, 0) is 21.2 Å². The molecule has 2 saturated heterocycles. The largest absolute Gasteiger partial charge is 0.356 e. The monoisotopic (exact) mass is 435 g/mol. The molecule has 2 fully saturated rings. The Hall–Kier alpha value is -0.670. The molecule has 1 aromatic rings. The Morgan fingerprint density at radius 3 is 2.74 bits per heavy atom. The van der Waals surface area contributed by atoms with Crippen molar-refractivity contribution in [2.45, 2.75) is 49.2 Å². The zero-order valence-corrected chi connectivity index (χ0v) is 18.1. The number of piperidine rings is 1. The summed E-state index contributed by atoms with van der Waals surface area (Å²) in [6.45, 7) is 3.90. The van der Waals surface area contributed by atoms with E-state index in [0.29, 0.717) is 42.6 Å². The fourth-order valence-electron chi connectivity index (χ4n) is 3.57. The fraction of sp³-hybridized carbons (Fsp3) is 0.722. The maximum atomic E-state index is 12.7. The fourth-order valence-corrected chi connectivity index (χ4v) is 6.60. The summed E-state index contributed by atoms with van der Waals surface area (Å²) < 4.78 is 27.3. The first kappa shape index (κ1) is 22.6. The number of hydrogen-bond donors (Lipinski definition) is 2. The summed E-state index contributed by atoms with van der Waals surface area (Å²) in [5.41, 5.74) is 0. The van der Waals surface area contributed by atoms with E-state index >= 15 is 0 Å². The number of sulfonamides is 1. The summed E-state index contributed by atoms with van der Waals surface area (Å²) in [7, 11) is -3.34. The lowest BCUT2D eigenvalue weighted by atomic mass is 10.0. The second-order valence-corrected chi connectivity index (χ2v) is 10.5. The smallest absolute Gasteiger partial charge is 0.252 e. The van der Waals surface area contributed by atoms with Crippen molar-refractivity contribution in [3.05, 3.63) is 17.0 Å². The molecule has 3 rings (SSSR count). The molecule has 0 aliphatic carbocycles. The first-order valence-electron chi connectivity index (χ1n) is 9.62. The minimum atomic E-state index is -3.34. The average Bonchev–Trinajstić information content (AvgIpc) is 3.33. The molecular formula is C18H30ClN3O3S2. The molecule has 2 aliphatic rings. The van der Waals surface area contributed by atoms with E-state index in [-0.39, 0.29) is 18.3 Å². The summed E-state index contributed by atoms with van der Waals surface area (Å²) in [4.78, 5) is 12.9. The molecule has 0 radical (unpaired) electrons. The number of carbonyl (C=O) groups excluding carboxylic acids is 1. The SMILES string of the molecule is Cl.O=C(CCC1CCNC1)NCCc1ccc(S(=O)(=O)N2CCCCC2)s1. The Kier molecular flexibility index (Phi) is 9.01. The van der Waals surface area contributed by atoms with Crippen LogP contribution in [0.5, 0.6) is 0 Å². The second-order valence-electron chi connectivity index (χ2n) is 7.18. The van der Waals surface area contributed by atoms with Gasteiger partial charge in [0.05, 0.1) is 0 Å². The summed E-state index contributed by atoms with van der Waals surface area (Å²) in [6, 6.07) is 3.58. The van der Waals surface area contributed by atoms with Crippen LogP contribution in [0.15, 0.2) is 16.3 Å². The Balaban J connectivity index is 0.00000261. The highest BCUT2D eigenvalue weighted by atomic mass is 35.5. The van der Waals surface area contributed by atoms with E-state index in [2.05, 4.69) is 10.6 Å². The van der Waals surface area contributed by atoms with E-state index in [1.165, 1.54) is 11.3 Å². The third-order valence-electron chi connectivity index (χ3n) is 5.18. The van der Waals surface area contributed by atoms with Gasteiger partial charge >= 0.3 is 0 Å². The molecule has 1 atom stereocenters. The molecule has 2 N–H and O–H groups in total. The number of nitrogens with zero attached hydrogens (tertiary/aromatic N) is 1. The number of nitrogens with one attached hydrogen (secondary N) is 2. The molecule has 3 heterocycles. The molecule has 1 amide bonds. The maximum absolute atomic E-state index is 12.7. The number of amides is 1. The van der Waals surface area contributed by atoms with E-state index in [1.54, 1.807) is 10.4 Å². The van der Waals surface area contributed by atoms with Crippen molar-refractivity contribution in [3.63, 3.8) is 0 Å². The lowest BCUT2D eigenvalue weighted by Crippen LogP contribution is -2.35. The van der Waals surface area contributed by atoms with Gasteiger partial charge in [-0.05, 0) is 63.2 Å². The molecule has 1 aromatic heterocycles. The van der Waals surface area contributed by atoms with Gasteiger partial charge in [-0.1, -0.05) is 6.42 Å². The van der Waals surface area contributed by atoms with E-state index in [4.69, 9.17) is 0 Å². The Morgan fingerprint density at radius 2 is 2.04 bits per heavy atom. The maximum Gasteiger partial charge on any atom is 0.252 e. The molecule has 0 spiro atoms. The summed E-state index contributed by atoms with van der Waals surface area (Å²) >= 11 is 1.33. The van der Waals surface area contributed by atoms with Crippen molar-refractivity contribution in [2.75, 3.05) is 32.7 Å². The molecule has 6 nitrogen and oxygen atoms in total. The molecular weight excluding hydrogens is 406 g/mol. The van der Waals surface area contributed by atoms with Gasteiger partial charge in [-0.25, -0.2) is 8.42 Å². The highest BCUT2D eigenvalue weighted by molar-refractivity contribution is 7.91. The van der Waals surface area contributed by atoms with Crippen LogP contribution in [-0.4, -0.2) is 51.4 Å². The minimum absolute atomic E-state index is 0. The van der Waals surface area contributed by atoms with Gasteiger partial charge in [0.2, 0.25) is 5.91 Å². The number of hydrogen-bond acceptors (Lipinski definition) is 5. The van der Waals surface area contributed by atoms with Gasteiger partial charge in [0.25, 0.3) is 10.0 Å². The quantitative estimate of drug-likeness (QED) is 0.657. The second kappa shape index (κ2) is 10.8. The van der Waals surface area contributed by atoms with Crippen molar-refractivity contribution < 1.29 is 13.2 Å². The number of carbonyl (C=O) groups is 1. The molecule has 0 saturated carbocycles. The van der Waals surface area contributed by atoms with E-state index in [1.807, 2.05) is 6.07 Å². The van der Waals surface area contributed by atoms with Crippen molar-refractivity contribution in [1.82, 2.24) is 14.9 Å². The normalized spacial score (nSPS) is 21.0. The van der Waals surface area contributed by atoms with Crippen LogP contribution >= 0.6 is 23.7 Å². The third-order valence-corrected chi connectivity index (χ3v) is 8.69. The molecule has 0 aromatic carbocycles. The van der Waals surface area contributed by atoms with Crippen LogP contribution in [0, 0.1) is 5.92 Å². The van der Waals surface area contributed by atoms with Gasteiger partial charge in [-0.3, -0.25) is 4.79 Å². The average molecular weight is 436 g/mol. The highest BCUT2D eigenvalue weighted by Gasteiger charge is 2.27. The zero-order valence-electron chi connectivity index (χ0n) is 15.6. The molecule has 1 unspecified atom stereocenters. The number of halogens is 1. The Labute approximate surface area is 172 Å². The van der Waals surface area contributed by atoms with Crippen LogP contribution in [0.2, 0.25) is 0 Å². The minimum Gasteiger partial charge on any atom is -0.356 e. The summed E-state index contributed by atoms with van der Waals surface area (Å²) in [5, 5.41) is 6.27. The van der Waals surface area contributed by atoms with Crippen LogP contribution in [0.3, 0.4) is 0 Å². The van der Waals surface area contributed by atoms with Crippen LogP contribution in [0.1, 0.15) is 43.4 Å². The van der Waals surface area contributed by atoms with Crippen LogP contribution < -0.4 is 10.6 Å². The molecule has 9 heteroatoms. The number of rotatable bonds is 8. The van der Waals surface area contributed by atoms with Gasteiger partial charge in [-0.15, -0.1) is 23.7 Å². The topological polar surface area (TPSA) is 78.5 Å². The van der Waals surface area contributed by atoms with E-state index < -0.39 is 10.0 Å². The van der Waals surface area contributed by atoms with Gasteiger partial charge in [0, 0.05) is 30.9 Å². The molecule has 0 bridgehead atoms. The van der Waals surface area contributed by atoms with E-state index in [9.17, 15) is 13.2 Å². The lowest BCUT2D eigenvalue weighted by molar-refractivity contribution is -0.121. The molecule has 27 heavy (non-hydrogen) atoms. The number of thiophene rings is 1. The van der Waals surface area contributed by atoms with Gasteiger partial charge in [-0.2, -0.15) is 4.31 Å². The summed E-state index contributed by atoms with van der Waals surface area (Å²) in [5.74, 6) is 0.718. The summed E-state index contributed by atoms with van der Waals surface area (Å²) in [6.07, 6.45) is 6.36. The third kappa shape index (κ3) is 6.42. The lowest BCUT2D eigenvalue weighted by Gasteiger charge is -2.25. The van der Waals surface area contributed by atoms with Crippen LogP contribution in [0.4, 0.5) is 0 Å². The van der Waals surface area contributed by atoms with Gasteiger partial charge in [0.15, 0.2) is 0 Å². The predicted molar refractivity (Wildman–Crippen MR) is 111 cm³/mol. The van der Waals surface area contributed by atoms with Crippen molar-refractivity contribution in [1.29, 1.82) is 0 Å². The zero-order chi connectivity index (χ0) is 18.4. The van der Waals surface area contributed by atoms with Crippen molar-refractivity contribution in [3.8, 4) is 0 Å². The molecule has 2 aliphatic heterocycles. The van der Waals surface area contributed by atoms with Crippen molar-refractivity contribution >= 4 is 39.7 Å². The van der Waals surface area contributed by atoms with Crippen molar-refractivity contribution in [2.24, 2.45) is 5.92 Å². The van der Waals surface area contributed by atoms with Crippen LogP contribution in [0.25, 0.3) is 0 Å². The Bertz CT molecular complexity index is 696. The standard InChI is InChI=1S/C18H29N3O3S2.ClH/c22-17(6-4-15-8-10-19-14-15)20-11-9-16-5-7-18(25-16)26(23,24)21-12-2-1-3-13-21;/h5,7,15,19H,1-4,6,8-14H2,(H,20,22);1H. The van der Waals surface area contributed by atoms with E-state index in [0.717, 1.165) is 50.1 Å².